The van der Waals surface area contributed by atoms with E-state index in [9.17, 15) is 9.59 Å². The zero-order chi connectivity index (χ0) is 13.5. The molecule has 0 saturated carbocycles. The quantitative estimate of drug-likeness (QED) is 0.861. The van der Waals surface area contributed by atoms with E-state index in [0.29, 0.717) is 24.5 Å². The molecule has 98 valence electrons. The number of nitrogens with one attached hydrogen (secondary N) is 2. The monoisotopic (exact) mass is 249 g/mol. The van der Waals surface area contributed by atoms with Gasteiger partial charge < -0.3 is 15.5 Å². The minimum atomic E-state index is -0.139. The molecule has 0 atom stereocenters. The molecule has 0 aliphatic heterocycles. The highest BCUT2D eigenvalue weighted by molar-refractivity contribution is 5.92. The molecular weight excluding hydrogens is 230 g/mol. The standard InChI is InChI=1S/C13H19N3O2/c1-4-16(5-2)13(18)15-12-8-6-7-11(9-12)14-10(3)17/h6-9H,4-5H2,1-3H3,(H,14,17)(H,15,18). The van der Waals surface area contributed by atoms with Crippen molar-refractivity contribution in [3.05, 3.63) is 24.3 Å². The summed E-state index contributed by atoms with van der Waals surface area (Å²) in [5.41, 5.74) is 1.33. The highest BCUT2D eigenvalue weighted by Crippen LogP contribution is 2.15. The van der Waals surface area contributed by atoms with E-state index in [1.807, 2.05) is 13.8 Å². The van der Waals surface area contributed by atoms with Gasteiger partial charge in [-0.05, 0) is 32.0 Å². The van der Waals surface area contributed by atoms with Crippen molar-refractivity contribution in [2.75, 3.05) is 23.7 Å². The Balaban J connectivity index is 2.72. The first kappa shape index (κ1) is 14.0. The number of benzene rings is 1. The van der Waals surface area contributed by atoms with Gasteiger partial charge in [0.25, 0.3) is 0 Å². The second-order valence-corrected chi connectivity index (χ2v) is 3.86. The number of anilines is 2. The number of nitrogens with zero attached hydrogens (tertiary/aromatic N) is 1. The molecular formula is C13H19N3O2. The predicted octanol–water partition coefficient (Wildman–Crippen LogP) is 2.52. The maximum atomic E-state index is 11.8. The van der Waals surface area contributed by atoms with Crippen LogP contribution in [0.2, 0.25) is 0 Å². The van der Waals surface area contributed by atoms with Gasteiger partial charge in [0, 0.05) is 31.4 Å². The Morgan fingerprint density at radius 2 is 1.67 bits per heavy atom. The molecule has 3 amide bonds. The molecule has 0 aliphatic carbocycles. The lowest BCUT2D eigenvalue weighted by atomic mass is 10.2. The molecule has 0 bridgehead atoms. The lowest BCUT2D eigenvalue weighted by Gasteiger charge is -2.19. The summed E-state index contributed by atoms with van der Waals surface area (Å²) in [5, 5.41) is 5.46. The van der Waals surface area contributed by atoms with E-state index in [0.717, 1.165) is 0 Å². The van der Waals surface area contributed by atoms with Crippen molar-refractivity contribution >= 4 is 23.3 Å². The molecule has 18 heavy (non-hydrogen) atoms. The van der Waals surface area contributed by atoms with Crippen LogP contribution in [0.1, 0.15) is 20.8 Å². The van der Waals surface area contributed by atoms with Crippen molar-refractivity contribution in [2.24, 2.45) is 0 Å². The van der Waals surface area contributed by atoms with E-state index in [4.69, 9.17) is 0 Å². The van der Waals surface area contributed by atoms with Gasteiger partial charge in [-0.2, -0.15) is 0 Å². The summed E-state index contributed by atoms with van der Waals surface area (Å²) >= 11 is 0. The van der Waals surface area contributed by atoms with Gasteiger partial charge in [0.1, 0.15) is 0 Å². The van der Waals surface area contributed by atoms with Crippen LogP contribution in [0.4, 0.5) is 16.2 Å². The summed E-state index contributed by atoms with van der Waals surface area (Å²) in [7, 11) is 0. The Hall–Kier alpha value is -2.04. The number of hydrogen-bond acceptors (Lipinski definition) is 2. The van der Waals surface area contributed by atoms with Crippen molar-refractivity contribution in [2.45, 2.75) is 20.8 Å². The van der Waals surface area contributed by atoms with E-state index in [1.54, 1.807) is 29.2 Å². The molecule has 0 saturated heterocycles. The average Bonchev–Trinajstić information content (AvgIpc) is 2.30. The molecule has 0 spiro atoms. The van der Waals surface area contributed by atoms with Crippen LogP contribution in [0.15, 0.2) is 24.3 Å². The van der Waals surface area contributed by atoms with E-state index in [1.165, 1.54) is 6.92 Å². The number of urea groups is 1. The molecule has 0 aliphatic rings. The topological polar surface area (TPSA) is 61.4 Å². The molecule has 0 fully saturated rings. The SMILES string of the molecule is CCN(CC)C(=O)Nc1cccc(NC(C)=O)c1. The smallest absolute Gasteiger partial charge is 0.321 e. The number of carbonyl (C=O) groups excluding carboxylic acids is 2. The summed E-state index contributed by atoms with van der Waals surface area (Å²) in [6.07, 6.45) is 0. The van der Waals surface area contributed by atoms with E-state index in [2.05, 4.69) is 10.6 Å². The van der Waals surface area contributed by atoms with Crippen LogP contribution >= 0.6 is 0 Å². The number of rotatable bonds is 4. The van der Waals surface area contributed by atoms with Crippen LogP contribution in [-0.4, -0.2) is 29.9 Å². The molecule has 5 heteroatoms. The maximum absolute atomic E-state index is 11.8. The fourth-order valence-corrected chi connectivity index (χ4v) is 1.59. The van der Waals surface area contributed by atoms with Crippen molar-refractivity contribution < 1.29 is 9.59 Å². The van der Waals surface area contributed by atoms with Gasteiger partial charge >= 0.3 is 6.03 Å². The van der Waals surface area contributed by atoms with Crippen LogP contribution in [-0.2, 0) is 4.79 Å². The van der Waals surface area contributed by atoms with Crippen molar-refractivity contribution in [3.63, 3.8) is 0 Å². The van der Waals surface area contributed by atoms with Crippen molar-refractivity contribution in [1.82, 2.24) is 4.90 Å². The second-order valence-electron chi connectivity index (χ2n) is 3.86. The molecule has 1 aromatic rings. The Labute approximate surface area is 107 Å². The van der Waals surface area contributed by atoms with Crippen LogP contribution in [0.25, 0.3) is 0 Å². The highest BCUT2D eigenvalue weighted by atomic mass is 16.2. The van der Waals surface area contributed by atoms with Crippen LogP contribution in [0.5, 0.6) is 0 Å². The maximum Gasteiger partial charge on any atom is 0.321 e. The Morgan fingerprint density at radius 3 is 2.17 bits per heavy atom. The summed E-state index contributed by atoms with van der Waals surface area (Å²) < 4.78 is 0. The summed E-state index contributed by atoms with van der Waals surface area (Å²) in [6.45, 7) is 6.62. The highest BCUT2D eigenvalue weighted by Gasteiger charge is 2.09. The van der Waals surface area contributed by atoms with E-state index < -0.39 is 0 Å². The Bertz CT molecular complexity index is 428. The minimum Gasteiger partial charge on any atom is -0.326 e. The number of carbonyl (C=O) groups is 2. The third-order valence-electron chi connectivity index (χ3n) is 2.48. The largest absolute Gasteiger partial charge is 0.326 e. The van der Waals surface area contributed by atoms with Gasteiger partial charge in [0.15, 0.2) is 0 Å². The van der Waals surface area contributed by atoms with Crippen LogP contribution in [0.3, 0.4) is 0 Å². The summed E-state index contributed by atoms with van der Waals surface area (Å²) in [5.74, 6) is -0.137. The number of amides is 3. The van der Waals surface area contributed by atoms with Gasteiger partial charge in [-0.3, -0.25) is 4.79 Å². The Morgan fingerprint density at radius 1 is 1.11 bits per heavy atom. The van der Waals surface area contributed by atoms with E-state index >= 15 is 0 Å². The molecule has 0 aromatic heterocycles. The third kappa shape index (κ3) is 4.08. The first-order chi connectivity index (χ1) is 8.56. The molecule has 0 unspecified atom stereocenters. The molecule has 0 heterocycles. The lowest BCUT2D eigenvalue weighted by Crippen LogP contribution is -2.34. The van der Waals surface area contributed by atoms with Gasteiger partial charge in [0.2, 0.25) is 5.91 Å². The normalized spacial score (nSPS) is 9.72. The number of hydrogen-bond donors (Lipinski definition) is 2. The summed E-state index contributed by atoms with van der Waals surface area (Å²) in [4.78, 5) is 24.5. The van der Waals surface area contributed by atoms with Crippen LogP contribution in [0, 0.1) is 0 Å². The van der Waals surface area contributed by atoms with E-state index in [-0.39, 0.29) is 11.9 Å². The average molecular weight is 249 g/mol. The fourth-order valence-electron chi connectivity index (χ4n) is 1.59. The lowest BCUT2D eigenvalue weighted by molar-refractivity contribution is -0.114. The zero-order valence-electron chi connectivity index (χ0n) is 11.0. The molecule has 5 nitrogen and oxygen atoms in total. The fraction of sp³-hybridized carbons (Fsp3) is 0.385. The van der Waals surface area contributed by atoms with Crippen molar-refractivity contribution in [1.29, 1.82) is 0 Å². The second kappa shape index (κ2) is 6.64. The first-order valence-corrected chi connectivity index (χ1v) is 6.00. The van der Waals surface area contributed by atoms with Crippen molar-refractivity contribution in [3.8, 4) is 0 Å². The van der Waals surface area contributed by atoms with Gasteiger partial charge in [-0.1, -0.05) is 6.07 Å². The van der Waals surface area contributed by atoms with Gasteiger partial charge in [-0.25, -0.2) is 4.79 Å². The van der Waals surface area contributed by atoms with Crippen LogP contribution < -0.4 is 10.6 Å². The minimum absolute atomic E-state index is 0.137. The molecule has 1 rings (SSSR count). The third-order valence-corrected chi connectivity index (χ3v) is 2.48. The predicted molar refractivity (Wildman–Crippen MR) is 72.7 cm³/mol. The first-order valence-electron chi connectivity index (χ1n) is 6.00. The molecule has 0 radical (unpaired) electrons. The molecule has 2 N–H and O–H groups in total. The van der Waals surface area contributed by atoms with Gasteiger partial charge in [-0.15, -0.1) is 0 Å². The zero-order valence-corrected chi connectivity index (χ0v) is 11.0. The Kier molecular flexibility index (Phi) is 5.17. The van der Waals surface area contributed by atoms with Gasteiger partial charge in [0.05, 0.1) is 0 Å². The summed E-state index contributed by atoms with van der Waals surface area (Å²) in [6, 6.07) is 6.92. The molecule has 1 aromatic carbocycles.